The summed E-state index contributed by atoms with van der Waals surface area (Å²) >= 11 is 3.23. The molecular formula is C15H19N3OS2. The Morgan fingerprint density at radius 3 is 2.86 bits per heavy atom. The second-order valence-electron chi connectivity index (χ2n) is 5.43. The van der Waals surface area contributed by atoms with Gasteiger partial charge in [0.05, 0.1) is 6.04 Å². The second kappa shape index (κ2) is 6.25. The number of anilines is 1. The largest absolute Gasteiger partial charge is 0.301 e. The highest BCUT2D eigenvalue weighted by atomic mass is 32.1. The molecule has 2 aromatic heterocycles. The molecule has 1 amide bonds. The summed E-state index contributed by atoms with van der Waals surface area (Å²) in [6.45, 7) is 4.99. The highest BCUT2D eigenvalue weighted by molar-refractivity contribution is 7.13. The van der Waals surface area contributed by atoms with Crippen LogP contribution in [-0.4, -0.2) is 27.9 Å². The predicted octanol–water partition coefficient (Wildman–Crippen LogP) is 3.50. The Morgan fingerprint density at radius 1 is 1.48 bits per heavy atom. The van der Waals surface area contributed by atoms with Crippen molar-refractivity contribution in [2.24, 2.45) is 0 Å². The van der Waals surface area contributed by atoms with Crippen LogP contribution < -0.4 is 5.32 Å². The van der Waals surface area contributed by atoms with E-state index in [1.54, 1.807) is 17.5 Å². The smallest absolute Gasteiger partial charge is 0.243 e. The Morgan fingerprint density at radius 2 is 2.29 bits per heavy atom. The zero-order valence-electron chi connectivity index (χ0n) is 12.2. The van der Waals surface area contributed by atoms with Crippen LogP contribution in [0.5, 0.6) is 0 Å². The molecule has 3 rings (SSSR count). The first-order valence-corrected chi connectivity index (χ1v) is 8.90. The summed E-state index contributed by atoms with van der Waals surface area (Å²) in [5.41, 5.74) is 1.32. The maximum atomic E-state index is 12.4. The lowest BCUT2D eigenvalue weighted by atomic mass is 10.2. The molecule has 0 bridgehead atoms. The first-order chi connectivity index (χ1) is 10.1. The van der Waals surface area contributed by atoms with Gasteiger partial charge in [-0.05, 0) is 43.7 Å². The summed E-state index contributed by atoms with van der Waals surface area (Å²) in [6, 6.07) is 2.55. The molecule has 1 atom stereocenters. The number of aryl methyl sites for hydroxylation is 1. The number of thiazole rings is 1. The number of thiophene rings is 1. The van der Waals surface area contributed by atoms with Crippen molar-refractivity contribution in [1.82, 2.24) is 9.88 Å². The number of carbonyl (C=O) groups excluding carboxylic acids is 1. The van der Waals surface area contributed by atoms with Crippen molar-refractivity contribution in [3.63, 3.8) is 0 Å². The van der Waals surface area contributed by atoms with E-state index in [2.05, 4.69) is 33.6 Å². The Kier molecular flexibility index (Phi) is 4.37. The van der Waals surface area contributed by atoms with Gasteiger partial charge in [0.25, 0.3) is 0 Å². The average Bonchev–Trinajstić information content (AvgIpc) is 3.03. The summed E-state index contributed by atoms with van der Waals surface area (Å²) in [6.07, 6.45) is 4.09. The monoisotopic (exact) mass is 321 g/mol. The lowest BCUT2D eigenvalue weighted by molar-refractivity contribution is -0.121. The minimum Gasteiger partial charge on any atom is -0.301 e. The van der Waals surface area contributed by atoms with Gasteiger partial charge in [-0.2, -0.15) is 0 Å². The summed E-state index contributed by atoms with van der Waals surface area (Å²) < 4.78 is 0. The van der Waals surface area contributed by atoms with E-state index in [9.17, 15) is 4.79 Å². The summed E-state index contributed by atoms with van der Waals surface area (Å²) in [4.78, 5) is 20.2. The molecule has 1 saturated carbocycles. The molecule has 6 heteroatoms. The van der Waals surface area contributed by atoms with E-state index < -0.39 is 0 Å². The molecule has 0 spiro atoms. The van der Waals surface area contributed by atoms with Crippen LogP contribution in [0.25, 0.3) is 0 Å². The number of rotatable bonds is 6. The third-order valence-electron chi connectivity index (χ3n) is 3.85. The fourth-order valence-corrected chi connectivity index (χ4v) is 3.81. The maximum Gasteiger partial charge on any atom is 0.243 e. The molecule has 1 aliphatic rings. The lowest BCUT2D eigenvalue weighted by Crippen LogP contribution is -2.42. The Balaban J connectivity index is 1.68. The molecule has 0 saturated heterocycles. The van der Waals surface area contributed by atoms with Crippen LogP contribution in [0.1, 0.15) is 30.2 Å². The van der Waals surface area contributed by atoms with Gasteiger partial charge in [0.2, 0.25) is 5.91 Å². The number of carbonyl (C=O) groups is 1. The van der Waals surface area contributed by atoms with Crippen molar-refractivity contribution >= 4 is 33.7 Å². The molecule has 21 heavy (non-hydrogen) atoms. The highest BCUT2D eigenvalue weighted by Crippen LogP contribution is 2.32. The van der Waals surface area contributed by atoms with Crippen LogP contribution in [0, 0.1) is 6.92 Å². The molecule has 1 N–H and O–H groups in total. The molecule has 112 valence electrons. The van der Waals surface area contributed by atoms with Gasteiger partial charge in [-0.25, -0.2) is 4.98 Å². The fourth-order valence-electron chi connectivity index (χ4n) is 2.37. The highest BCUT2D eigenvalue weighted by Gasteiger charge is 2.35. The summed E-state index contributed by atoms with van der Waals surface area (Å²) in [5.74, 6) is 0.0334. The Labute approximate surface area is 132 Å². The van der Waals surface area contributed by atoms with Crippen LogP contribution in [0.4, 0.5) is 5.13 Å². The van der Waals surface area contributed by atoms with Crippen molar-refractivity contribution in [1.29, 1.82) is 0 Å². The van der Waals surface area contributed by atoms with Gasteiger partial charge in [-0.1, -0.05) is 0 Å². The van der Waals surface area contributed by atoms with Crippen LogP contribution >= 0.6 is 22.7 Å². The van der Waals surface area contributed by atoms with E-state index in [1.807, 2.05) is 12.3 Å². The van der Waals surface area contributed by atoms with Gasteiger partial charge >= 0.3 is 0 Å². The quantitative estimate of drug-likeness (QED) is 0.885. The van der Waals surface area contributed by atoms with Crippen LogP contribution in [-0.2, 0) is 11.3 Å². The van der Waals surface area contributed by atoms with Gasteiger partial charge in [-0.3, -0.25) is 9.69 Å². The topological polar surface area (TPSA) is 45.2 Å². The van der Waals surface area contributed by atoms with Gasteiger partial charge in [-0.15, -0.1) is 22.7 Å². The number of amides is 1. The third-order valence-corrected chi connectivity index (χ3v) is 5.55. The minimum atomic E-state index is -0.136. The Hall–Kier alpha value is -1.24. The van der Waals surface area contributed by atoms with Gasteiger partial charge in [0.15, 0.2) is 5.13 Å². The molecule has 4 nitrogen and oxygen atoms in total. The van der Waals surface area contributed by atoms with Crippen LogP contribution in [0.15, 0.2) is 23.0 Å². The molecule has 1 fully saturated rings. The molecule has 0 radical (unpaired) electrons. The number of aromatic nitrogens is 1. The number of nitrogens with one attached hydrogen (secondary N) is 1. The molecule has 1 aliphatic carbocycles. The number of hydrogen-bond donors (Lipinski definition) is 1. The van der Waals surface area contributed by atoms with Crippen LogP contribution in [0.3, 0.4) is 0 Å². The van der Waals surface area contributed by atoms with Crippen molar-refractivity contribution in [3.05, 3.63) is 33.5 Å². The zero-order chi connectivity index (χ0) is 14.8. The third kappa shape index (κ3) is 3.51. The first-order valence-electron chi connectivity index (χ1n) is 7.14. The van der Waals surface area contributed by atoms with E-state index in [0.717, 1.165) is 6.54 Å². The molecular weight excluding hydrogens is 302 g/mol. The zero-order valence-corrected chi connectivity index (χ0v) is 13.8. The van der Waals surface area contributed by atoms with Crippen molar-refractivity contribution in [3.8, 4) is 0 Å². The normalized spacial score (nSPS) is 16.1. The summed E-state index contributed by atoms with van der Waals surface area (Å²) in [5, 5.41) is 7.58. The molecule has 0 unspecified atom stereocenters. The Bertz CT molecular complexity index is 604. The first kappa shape index (κ1) is 14.7. The number of nitrogens with zero attached hydrogens (tertiary/aromatic N) is 2. The number of hydrogen-bond acceptors (Lipinski definition) is 5. The fraction of sp³-hybridized carbons (Fsp3) is 0.467. The predicted molar refractivity (Wildman–Crippen MR) is 87.8 cm³/mol. The van der Waals surface area contributed by atoms with Gasteiger partial charge in [0, 0.05) is 29.0 Å². The molecule has 0 aromatic carbocycles. The van der Waals surface area contributed by atoms with E-state index in [1.165, 1.54) is 34.6 Å². The lowest BCUT2D eigenvalue weighted by Gasteiger charge is -2.27. The van der Waals surface area contributed by atoms with Crippen LogP contribution in [0.2, 0.25) is 0 Å². The minimum absolute atomic E-state index is 0.0334. The summed E-state index contributed by atoms with van der Waals surface area (Å²) in [7, 11) is 0. The molecule has 2 aromatic rings. The van der Waals surface area contributed by atoms with Gasteiger partial charge < -0.3 is 5.32 Å². The molecule has 2 heterocycles. The second-order valence-corrected chi connectivity index (χ2v) is 7.33. The maximum absolute atomic E-state index is 12.4. The van der Waals surface area contributed by atoms with Crippen molar-refractivity contribution < 1.29 is 4.79 Å². The van der Waals surface area contributed by atoms with E-state index in [-0.39, 0.29) is 11.9 Å². The molecule has 0 aliphatic heterocycles. The van der Waals surface area contributed by atoms with Crippen molar-refractivity contribution in [2.45, 2.75) is 45.3 Å². The van der Waals surface area contributed by atoms with E-state index in [0.29, 0.717) is 11.2 Å². The van der Waals surface area contributed by atoms with Gasteiger partial charge in [0.1, 0.15) is 0 Å². The SMILES string of the molecule is Cc1ccsc1CN(C1CC1)[C@@H](C)C(=O)Nc1nccs1. The van der Waals surface area contributed by atoms with E-state index >= 15 is 0 Å². The standard InChI is InChI=1S/C15H19N3OS2/c1-10-5-7-20-13(10)9-18(12-3-4-12)11(2)14(19)17-15-16-6-8-21-15/h5-8,11-12H,3-4,9H2,1-2H3,(H,16,17,19)/t11-/m0/s1. The van der Waals surface area contributed by atoms with E-state index in [4.69, 9.17) is 0 Å². The van der Waals surface area contributed by atoms with Crippen molar-refractivity contribution in [2.75, 3.05) is 5.32 Å². The average molecular weight is 321 g/mol.